The number of non-ortho nitro benzene ring substituents is 1. The van der Waals surface area contributed by atoms with Gasteiger partial charge >= 0.3 is 0 Å². The number of thioether (sulfide) groups is 1. The molecule has 1 heterocycles. The molecule has 1 aliphatic heterocycles. The molecule has 2 amide bonds. The maximum atomic E-state index is 12.7. The van der Waals surface area contributed by atoms with Gasteiger partial charge in [-0.15, -0.1) is 0 Å². The summed E-state index contributed by atoms with van der Waals surface area (Å²) in [6.07, 6.45) is 1.66. The number of nitro groups is 1. The lowest BCUT2D eigenvalue weighted by molar-refractivity contribution is -0.384. The Balaban J connectivity index is 1.30. The van der Waals surface area contributed by atoms with Gasteiger partial charge in [0, 0.05) is 12.1 Å². The van der Waals surface area contributed by atoms with E-state index in [2.05, 4.69) is 0 Å². The largest absolute Gasteiger partial charge is 0.490 e. The summed E-state index contributed by atoms with van der Waals surface area (Å²) < 4.78 is 11.3. The topological polar surface area (TPSA) is 99.0 Å². The third-order valence-corrected chi connectivity index (χ3v) is 6.09. The lowest BCUT2D eigenvalue weighted by atomic mass is 10.2. The zero-order chi connectivity index (χ0) is 24.8. The van der Waals surface area contributed by atoms with E-state index < -0.39 is 10.8 Å². The van der Waals surface area contributed by atoms with E-state index in [-0.39, 0.29) is 17.5 Å². The number of hydrogen-bond acceptors (Lipinski definition) is 7. The molecule has 0 bridgehead atoms. The lowest BCUT2D eigenvalue weighted by Crippen LogP contribution is -2.27. The molecule has 8 nitrogen and oxygen atoms in total. The van der Waals surface area contributed by atoms with Crippen LogP contribution in [0.4, 0.5) is 10.5 Å². The second-order valence-electron chi connectivity index (χ2n) is 7.77. The van der Waals surface area contributed by atoms with Gasteiger partial charge in [0.15, 0.2) is 0 Å². The number of imide groups is 1. The number of hydrogen-bond donors (Lipinski definition) is 0. The van der Waals surface area contributed by atoms with Gasteiger partial charge in [0.1, 0.15) is 24.7 Å². The van der Waals surface area contributed by atoms with Crippen LogP contribution in [0.3, 0.4) is 0 Å². The van der Waals surface area contributed by atoms with Crippen LogP contribution in [0.25, 0.3) is 6.08 Å². The molecular formula is C26H22N2O6S. The number of amides is 2. The van der Waals surface area contributed by atoms with Gasteiger partial charge in [-0.1, -0.05) is 42.0 Å². The summed E-state index contributed by atoms with van der Waals surface area (Å²) in [4.78, 5) is 36.9. The summed E-state index contributed by atoms with van der Waals surface area (Å²) in [7, 11) is 0. The number of carbonyl (C=O) groups is 2. The molecule has 0 aromatic heterocycles. The number of benzene rings is 3. The molecule has 9 heteroatoms. The third kappa shape index (κ3) is 6.27. The highest BCUT2D eigenvalue weighted by Gasteiger charge is 2.35. The van der Waals surface area contributed by atoms with Crippen molar-refractivity contribution in [2.45, 2.75) is 13.5 Å². The molecule has 0 atom stereocenters. The average Bonchev–Trinajstić information content (AvgIpc) is 3.11. The van der Waals surface area contributed by atoms with Crippen LogP contribution in [0.1, 0.15) is 16.7 Å². The van der Waals surface area contributed by atoms with Crippen LogP contribution in [0.15, 0.2) is 77.7 Å². The summed E-state index contributed by atoms with van der Waals surface area (Å²) >= 11 is 0.866. The first-order valence-corrected chi connectivity index (χ1v) is 11.6. The van der Waals surface area contributed by atoms with Crippen LogP contribution >= 0.6 is 11.8 Å². The first kappa shape index (κ1) is 24.0. The predicted octanol–water partition coefficient (Wildman–Crippen LogP) is 5.60. The van der Waals surface area contributed by atoms with E-state index >= 15 is 0 Å². The van der Waals surface area contributed by atoms with Gasteiger partial charge in [0.05, 0.1) is 16.4 Å². The van der Waals surface area contributed by atoms with E-state index in [1.165, 1.54) is 29.8 Å². The molecule has 3 aromatic carbocycles. The summed E-state index contributed by atoms with van der Waals surface area (Å²) in [6.45, 7) is 2.86. The highest BCUT2D eigenvalue weighted by Crippen LogP contribution is 2.33. The summed E-state index contributed by atoms with van der Waals surface area (Å²) in [6, 6.07) is 20.8. The maximum absolute atomic E-state index is 12.7. The van der Waals surface area contributed by atoms with E-state index in [4.69, 9.17) is 9.47 Å². The average molecular weight is 491 g/mol. The van der Waals surface area contributed by atoms with Crippen molar-refractivity contribution in [2.24, 2.45) is 0 Å². The number of aryl methyl sites for hydroxylation is 1. The Labute approximate surface area is 206 Å². The van der Waals surface area contributed by atoms with Crippen LogP contribution in [-0.2, 0) is 11.3 Å². The highest BCUT2D eigenvalue weighted by molar-refractivity contribution is 8.18. The monoisotopic (exact) mass is 490 g/mol. The second kappa shape index (κ2) is 10.9. The van der Waals surface area contributed by atoms with E-state index in [0.717, 1.165) is 28.0 Å². The van der Waals surface area contributed by atoms with E-state index in [0.29, 0.717) is 29.4 Å². The Hall–Kier alpha value is -4.11. The van der Waals surface area contributed by atoms with Gasteiger partial charge < -0.3 is 9.47 Å². The first-order valence-electron chi connectivity index (χ1n) is 10.8. The number of rotatable bonds is 9. The van der Waals surface area contributed by atoms with Crippen molar-refractivity contribution in [1.82, 2.24) is 4.90 Å². The first-order chi connectivity index (χ1) is 16.9. The summed E-state index contributed by atoms with van der Waals surface area (Å²) in [5, 5.41) is 10.4. The molecule has 0 N–H and O–H groups in total. The Morgan fingerprint density at radius 2 is 1.46 bits per heavy atom. The Morgan fingerprint density at radius 1 is 0.886 bits per heavy atom. The van der Waals surface area contributed by atoms with Crippen molar-refractivity contribution in [3.05, 3.63) is 105 Å². The third-order valence-electron chi connectivity index (χ3n) is 5.18. The van der Waals surface area contributed by atoms with Gasteiger partial charge in [0.25, 0.3) is 16.8 Å². The SMILES string of the molecule is Cc1ccc(OCCOc2ccc(/C=C3\SC(=O)N(Cc4ccc([N+](=O)[O-])cc4)C3=O)cc2)cc1. The van der Waals surface area contributed by atoms with Crippen molar-refractivity contribution in [1.29, 1.82) is 0 Å². The minimum absolute atomic E-state index is 0.0472. The van der Waals surface area contributed by atoms with Gasteiger partial charge in [0.2, 0.25) is 0 Å². The van der Waals surface area contributed by atoms with Crippen LogP contribution in [0, 0.1) is 17.0 Å². The molecule has 0 saturated carbocycles. The Bertz CT molecular complexity index is 1250. The molecule has 4 rings (SSSR count). The van der Waals surface area contributed by atoms with Gasteiger partial charge in [-0.2, -0.15) is 0 Å². The van der Waals surface area contributed by atoms with Crippen molar-refractivity contribution < 1.29 is 24.0 Å². The van der Waals surface area contributed by atoms with Crippen LogP contribution in [0.2, 0.25) is 0 Å². The molecule has 178 valence electrons. The maximum Gasteiger partial charge on any atom is 0.293 e. The molecule has 1 saturated heterocycles. The van der Waals surface area contributed by atoms with E-state index in [9.17, 15) is 19.7 Å². The highest BCUT2D eigenvalue weighted by atomic mass is 32.2. The Kier molecular flexibility index (Phi) is 7.47. The van der Waals surface area contributed by atoms with E-state index in [1.807, 2.05) is 31.2 Å². The molecular weight excluding hydrogens is 468 g/mol. The van der Waals surface area contributed by atoms with Crippen LogP contribution in [-0.4, -0.2) is 34.2 Å². The quantitative estimate of drug-likeness (QED) is 0.167. The van der Waals surface area contributed by atoms with Crippen LogP contribution < -0.4 is 9.47 Å². The number of nitrogens with zero attached hydrogens (tertiary/aromatic N) is 2. The van der Waals surface area contributed by atoms with Crippen molar-refractivity contribution in [2.75, 3.05) is 13.2 Å². The van der Waals surface area contributed by atoms with Gasteiger partial charge in [-0.05, 0) is 60.2 Å². The van der Waals surface area contributed by atoms with E-state index in [1.54, 1.807) is 30.3 Å². The van der Waals surface area contributed by atoms with Crippen molar-refractivity contribution >= 4 is 34.7 Å². The number of carbonyl (C=O) groups excluding carboxylic acids is 2. The van der Waals surface area contributed by atoms with Gasteiger partial charge in [-0.25, -0.2) is 0 Å². The standard InChI is InChI=1S/C26H22N2O6S/c1-18-2-10-22(11-3-18)33-14-15-34-23-12-6-19(7-13-23)16-24-25(29)27(26(30)35-24)17-20-4-8-21(9-5-20)28(31)32/h2-13,16H,14-15,17H2,1H3/b24-16-. The fourth-order valence-corrected chi connectivity index (χ4v) is 4.15. The smallest absolute Gasteiger partial charge is 0.293 e. The summed E-state index contributed by atoms with van der Waals surface area (Å²) in [5.74, 6) is 1.06. The molecule has 0 unspecified atom stereocenters. The fraction of sp³-hybridized carbons (Fsp3) is 0.154. The Morgan fingerprint density at radius 3 is 2.03 bits per heavy atom. The molecule has 0 spiro atoms. The van der Waals surface area contributed by atoms with Crippen molar-refractivity contribution in [3.8, 4) is 11.5 Å². The van der Waals surface area contributed by atoms with Crippen LogP contribution in [0.5, 0.6) is 11.5 Å². The zero-order valence-electron chi connectivity index (χ0n) is 18.9. The predicted molar refractivity (Wildman–Crippen MR) is 133 cm³/mol. The van der Waals surface area contributed by atoms with Gasteiger partial charge in [-0.3, -0.25) is 24.6 Å². The molecule has 35 heavy (non-hydrogen) atoms. The fourth-order valence-electron chi connectivity index (χ4n) is 3.31. The van der Waals surface area contributed by atoms with Crippen molar-refractivity contribution in [3.63, 3.8) is 0 Å². The summed E-state index contributed by atoms with van der Waals surface area (Å²) in [5.41, 5.74) is 2.51. The minimum Gasteiger partial charge on any atom is -0.490 e. The molecule has 3 aromatic rings. The zero-order valence-corrected chi connectivity index (χ0v) is 19.7. The second-order valence-corrected chi connectivity index (χ2v) is 8.76. The molecule has 1 fully saturated rings. The number of ether oxygens (including phenoxy) is 2. The minimum atomic E-state index is -0.498. The normalized spacial score (nSPS) is 14.4. The molecule has 0 aliphatic carbocycles. The molecule has 0 radical (unpaired) electrons. The molecule has 1 aliphatic rings. The lowest BCUT2D eigenvalue weighted by Gasteiger charge is -2.12. The number of nitro benzene ring substituents is 1.